The van der Waals surface area contributed by atoms with Crippen LogP contribution >= 0.6 is 11.3 Å². The fourth-order valence-electron chi connectivity index (χ4n) is 4.16. The second-order valence-electron chi connectivity index (χ2n) is 8.15. The number of thiophene rings is 1. The van der Waals surface area contributed by atoms with Gasteiger partial charge in [-0.1, -0.05) is 17.0 Å². The maximum absolute atomic E-state index is 12.3. The predicted molar refractivity (Wildman–Crippen MR) is 129 cm³/mol. The molecule has 5 rings (SSSR count). The quantitative estimate of drug-likeness (QED) is 0.299. The van der Waals surface area contributed by atoms with E-state index in [1.54, 1.807) is 29.7 Å². The van der Waals surface area contributed by atoms with Gasteiger partial charge in [-0.25, -0.2) is 4.98 Å². The smallest absolute Gasteiger partial charge is 0.320 e. The van der Waals surface area contributed by atoms with Gasteiger partial charge in [-0.2, -0.15) is 4.57 Å². The van der Waals surface area contributed by atoms with Crippen LogP contribution in [-0.2, 0) is 6.54 Å². The fourth-order valence-corrected chi connectivity index (χ4v) is 4.85. The Balaban J connectivity index is 1.29. The number of imidazole rings is 1. The fraction of sp³-hybridized carbons (Fsp3) is 0.292. The van der Waals surface area contributed by atoms with Gasteiger partial charge < -0.3 is 10.7 Å². The summed E-state index contributed by atoms with van der Waals surface area (Å²) >= 11 is 1.59. The second-order valence-corrected chi connectivity index (χ2v) is 9.10. The molecule has 1 atom stereocenters. The standard InChI is InChI=1S/C24H24N8OS/c25-8-1-5-18-7-9-26-24(28-18)32-15-19(27-16-32)14-31-10-2-4-17(13-31)23-29-20(12-22(33)30-23)21-6-3-11-34-21/h3,6-7,9,11-12,15-17H,2,4,8,10,13-14,25H2,(H,29,30,33)/p+1. The van der Waals surface area contributed by atoms with Crippen LogP contribution in [0.15, 0.2) is 53.2 Å². The Kier molecular flexibility index (Phi) is 6.58. The summed E-state index contributed by atoms with van der Waals surface area (Å²) in [6.07, 6.45) is 7.58. The molecule has 1 aliphatic heterocycles. The van der Waals surface area contributed by atoms with Crippen LogP contribution in [0.1, 0.15) is 36.0 Å². The number of H-pyrrole nitrogens is 2. The number of nitrogens with two attached hydrogens (primary N) is 1. The monoisotopic (exact) mass is 473 g/mol. The number of hydrogen-bond acceptors (Lipinski definition) is 7. The summed E-state index contributed by atoms with van der Waals surface area (Å²) in [5, 5.41) is 2.00. The lowest BCUT2D eigenvalue weighted by Crippen LogP contribution is -2.35. The zero-order chi connectivity index (χ0) is 23.3. The lowest BCUT2D eigenvalue weighted by molar-refractivity contribution is -0.602. The second kappa shape index (κ2) is 10.1. The number of aromatic nitrogens is 6. The first-order chi connectivity index (χ1) is 16.7. The maximum Gasteiger partial charge on any atom is 0.390 e. The molecule has 5 heterocycles. The average Bonchev–Trinajstić information content (AvgIpc) is 3.56. The highest BCUT2D eigenvalue weighted by Crippen LogP contribution is 2.27. The normalized spacial score (nSPS) is 16.2. The third-order valence-electron chi connectivity index (χ3n) is 5.70. The first kappa shape index (κ1) is 22.2. The number of rotatable bonds is 5. The average molecular weight is 474 g/mol. The molecule has 1 fully saturated rings. The summed E-state index contributed by atoms with van der Waals surface area (Å²) in [5.74, 6) is 7.25. The number of piperidine rings is 1. The van der Waals surface area contributed by atoms with Crippen molar-refractivity contribution in [3.8, 4) is 28.4 Å². The molecule has 0 saturated carbocycles. The molecule has 1 unspecified atom stereocenters. The highest BCUT2D eigenvalue weighted by Gasteiger charge is 2.25. The van der Waals surface area contributed by atoms with Gasteiger partial charge in [0.25, 0.3) is 5.56 Å². The summed E-state index contributed by atoms with van der Waals surface area (Å²) in [6.45, 7) is 2.87. The number of hydrogen-bond donors (Lipinski definition) is 3. The van der Waals surface area contributed by atoms with E-state index >= 15 is 0 Å². The van der Waals surface area contributed by atoms with Crippen LogP contribution in [0.5, 0.6) is 0 Å². The summed E-state index contributed by atoms with van der Waals surface area (Å²) in [6, 6.07) is 7.31. The molecular formula is C24H25N8OS+. The molecule has 34 heavy (non-hydrogen) atoms. The molecule has 4 aromatic heterocycles. The van der Waals surface area contributed by atoms with Crippen LogP contribution in [-0.4, -0.2) is 49.5 Å². The van der Waals surface area contributed by atoms with Crippen LogP contribution in [0.4, 0.5) is 0 Å². The van der Waals surface area contributed by atoms with E-state index in [0.717, 1.165) is 54.6 Å². The van der Waals surface area contributed by atoms with Crippen molar-refractivity contribution in [1.82, 2.24) is 29.8 Å². The molecular weight excluding hydrogens is 448 g/mol. The van der Waals surface area contributed by atoms with E-state index < -0.39 is 0 Å². The number of nitrogens with one attached hydrogen (secondary N) is 2. The molecule has 172 valence electrons. The van der Waals surface area contributed by atoms with E-state index in [0.29, 0.717) is 18.2 Å². The lowest BCUT2D eigenvalue weighted by Gasteiger charge is -2.31. The van der Waals surface area contributed by atoms with Gasteiger partial charge in [0.15, 0.2) is 12.0 Å². The van der Waals surface area contributed by atoms with Crippen LogP contribution in [0.3, 0.4) is 0 Å². The van der Waals surface area contributed by atoms with E-state index in [1.165, 1.54) is 0 Å². The van der Waals surface area contributed by atoms with Crippen LogP contribution in [0.25, 0.3) is 16.5 Å². The summed E-state index contributed by atoms with van der Waals surface area (Å²) in [4.78, 5) is 35.6. The molecule has 4 aromatic rings. The number of nitrogens with zero attached hydrogens (tertiary/aromatic N) is 5. The van der Waals surface area contributed by atoms with Gasteiger partial charge in [0.05, 0.1) is 36.1 Å². The van der Waals surface area contributed by atoms with Gasteiger partial charge in [0.1, 0.15) is 11.5 Å². The minimum absolute atomic E-state index is 0.102. The van der Waals surface area contributed by atoms with Crippen LogP contribution in [0, 0.1) is 11.8 Å². The molecule has 0 amide bonds. The highest BCUT2D eigenvalue weighted by molar-refractivity contribution is 7.13. The molecule has 4 N–H and O–H groups in total. The van der Waals surface area contributed by atoms with Crippen molar-refractivity contribution in [1.29, 1.82) is 0 Å². The van der Waals surface area contributed by atoms with E-state index in [9.17, 15) is 4.79 Å². The molecule has 1 saturated heterocycles. The van der Waals surface area contributed by atoms with Gasteiger partial charge in [-0.3, -0.25) is 14.7 Å². The molecule has 1 aliphatic rings. The lowest BCUT2D eigenvalue weighted by atomic mass is 9.97. The Labute approximate surface area is 200 Å². The first-order valence-electron chi connectivity index (χ1n) is 11.2. The topological polar surface area (TPSA) is 120 Å². The summed E-state index contributed by atoms with van der Waals surface area (Å²) < 4.78 is 1.86. The third-order valence-corrected chi connectivity index (χ3v) is 6.59. The largest absolute Gasteiger partial charge is 0.390 e. The minimum Gasteiger partial charge on any atom is -0.320 e. The van der Waals surface area contributed by atoms with Crippen molar-refractivity contribution in [3.63, 3.8) is 0 Å². The van der Waals surface area contributed by atoms with Crippen molar-refractivity contribution in [2.75, 3.05) is 19.6 Å². The van der Waals surface area contributed by atoms with E-state index in [4.69, 9.17) is 10.7 Å². The zero-order valence-corrected chi connectivity index (χ0v) is 19.4. The van der Waals surface area contributed by atoms with Gasteiger partial charge in [0, 0.05) is 24.6 Å². The Hall–Kier alpha value is -3.65. The molecule has 0 bridgehead atoms. The Bertz CT molecular complexity index is 1380. The third kappa shape index (κ3) is 5.12. The van der Waals surface area contributed by atoms with E-state index in [1.807, 2.05) is 34.6 Å². The molecule has 10 heteroatoms. The molecule has 9 nitrogen and oxygen atoms in total. The zero-order valence-electron chi connectivity index (χ0n) is 18.6. The van der Waals surface area contributed by atoms with Gasteiger partial charge >= 0.3 is 5.95 Å². The summed E-state index contributed by atoms with van der Waals surface area (Å²) in [7, 11) is 0. The van der Waals surface area contributed by atoms with Crippen LogP contribution in [0.2, 0.25) is 0 Å². The first-order valence-corrected chi connectivity index (χ1v) is 12.0. The Morgan fingerprint density at radius 3 is 3.12 bits per heavy atom. The van der Waals surface area contributed by atoms with Gasteiger partial charge in [-0.15, -0.1) is 16.3 Å². The van der Waals surface area contributed by atoms with Crippen molar-refractivity contribution in [3.05, 3.63) is 75.9 Å². The van der Waals surface area contributed by atoms with Crippen LogP contribution < -0.4 is 15.9 Å². The Morgan fingerprint density at radius 1 is 1.32 bits per heavy atom. The molecule has 0 aliphatic carbocycles. The summed E-state index contributed by atoms with van der Waals surface area (Å²) in [5.41, 5.74) is 7.78. The number of aromatic amines is 2. The SMILES string of the molecule is NCC#Cc1ccnc(-[n+]2c[nH]c(CN3CCCC(c4nc(-c5cccs5)cc(=O)[nH]4)C3)c2)n1. The minimum atomic E-state index is -0.102. The van der Waals surface area contributed by atoms with Crippen molar-refractivity contribution >= 4 is 11.3 Å². The van der Waals surface area contributed by atoms with Gasteiger partial charge in [-0.05, 0) is 36.8 Å². The molecule has 0 spiro atoms. The van der Waals surface area contributed by atoms with Gasteiger partial charge in [0.2, 0.25) is 0 Å². The molecule has 0 aromatic carbocycles. The van der Waals surface area contributed by atoms with Crippen molar-refractivity contribution < 1.29 is 4.57 Å². The van der Waals surface area contributed by atoms with Crippen molar-refractivity contribution in [2.45, 2.75) is 25.3 Å². The maximum atomic E-state index is 12.3. The highest BCUT2D eigenvalue weighted by atomic mass is 32.1. The number of likely N-dealkylation sites (tertiary alicyclic amines) is 1. The van der Waals surface area contributed by atoms with Crippen molar-refractivity contribution in [2.24, 2.45) is 5.73 Å². The van der Waals surface area contributed by atoms with E-state index in [-0.39, 0.29) is 11.5 Å². The molecule has 0 radical (unpaired) electrons. The Morgan fingerprint density at radius 2 is 2.26 bits per heavy atom. The van der Waals surface area contributed by atoms with E-state index in [2.05, 4.69) is 36.7 Å². The predicted octanol–water partition coefficient (Wildman–Crippen LogP) is 1.58.